The summed E-state index contributed by atoms with van der Waals surface area (Å²) in [5, 5.41) is 19.9. The Morgan fingerprint density at radius 2 is 1.34 bits per heavy atom. The summed E-state index contributed by atoms with van der Waals surface area (Å²) in [7, 11) is 0. The first-order valence-electron chi connectivity index (χ1n) is 9.69. The fourth-order valence-corrected chi connectivity index (χ4v) is 2.35. The SMILES string of the molecule is CC(C)(C)OC(=O)N(C(=O)OC(C)(C)C)C(CCCCN)C(=O)C(O)C(O)CN. The second-order valence-electron chi connectivity index (χ2n) is 8.78. The highest BCUT2D eigenvalue weighted by Crippen LogP contribution is 2.21. The van der Waals surface area contributed by atoms with Gasteiger partial charge in [0.1, 0.15) is 23.3 Å². The number of Topliss-reactive ketones (excluding diaryl/α,β-unsaturated/α-hetero) is 1. The smallest absolute Gasteiger partial charge is 0.420 e. The summed E-state index contributed by atoms with van der Waals surface area (Å²) in [6, 6.07) is -1.41. The fraction of sp³-hybridized carbons (Fsp3) is 0.842. The van der Waals surface area contributed by atoms with Crippen LogP contribution in [-0.2, 0) is 14.3 Å². The zero-order valence-electron chi connectivity index (χ0n) is 18.3. The number of unbranched alkanes of at least 4 members (excludes halogenated alkanes) is 1. The molecule has 0 aliphatic carbocycles. The van der Waals surface area contributed by atoms with E-state index in [1.165, 1.54) is 0 Å². The number of ketones is 1. The number of ether oxygens (including phenoxy) is 2. The van der Waals surface area contributed by atoms with Crippen LogP contribution in [0.25, 0.3) is 0 Å². The number of hydrogen-bond acceptors (Lipinski definition) is 9. The van der Waals surface area contributed by atoms with E-state index >= 15 is 0 Å². The van der Waals surface area contributed by atoms with Gasteiger partial charge in [-0.2, -0.15) is 0 Å². The maximum atomic E-state index is 12.9. The Morgan fingerprint density at radius 3 is 1.69 bits per heavy atom. The standard InChI is InChI=1S/C19H37N3O7/c1-18(2,3)28-16(26)22(17(27)29-19(4,5)6)12(9-7-8-10-20)14(24)15(25)13(23)11-21/h12-13,15,23,25H,7-11,20-21H2,1-6H3. The number of rotatable bonds is 9. The van der Waals surface area contributed by atoms with Crippen molar-refractivity contribution in [2.45, 2.75) is 90.3 Å². The number of imide groups is 1. The number of aliphatic hydroxyl groups excluding tert-OH is 2. The Hall–Kier alpha value is -1.75. The molecule has 0 saturated carbocycles. The first-order chi connectivity index (χ1) is 13.1. The van der Waals surface area contributed by atoms with E-state index in [9.17, 15) is 24.6 Å². The van der Waals surface area contributed by atoms with Gasteiger partial charge in [-0.3, -0.25) is 4.79 Å². The lowest BCUT2D eigenvalue weighted by atomic mass is 9.97. The molecule has 0 aliphatic rings. The zero-order chi connectivity index (χ0) is 23.0. The molecule has 0 aromatic heterocycles. The first-order valence-corrected chi connectivity index (χ1v) is 9.69. The van der Waals surface area contributed by atoms with Gasteiger partial charge in [-0.25, -0.2) is 14.5 Å². The number of aliphatic hydroxyl groups is 2. The number of nitrogens with two attached hydrogens (primary N) is 2. The van der Waals surface area contributed by atoms with E-state index in [2.05, 4.69) is 0 Å². The molecule has 0 fully saturated rings. The van der Waals surface area contributed by atoms with Crippen LogP contribution >= 0.6 is 0 Å². The summed E-state index contributed by atoms with van der Waals surface area (Å²) in [6.07, 6.45) is -4.67. The van der Waals surface area contributed by atoms with E-state index in [0.717, 1.165) is 0 Å². The average Bonchev–Trinajstić information content (AvgIpc) is 2.55. The van der Waals surface area contributed by atoms with Gasteiger partial charge in [0.2, 0.25) is 0 Å². The maximum Gasteiger partial charge on any atom is 0.420 e. The second-order valence-corrected chi connectivity index (χ2v) is 8.78. The van der Waals surface area contributed by atoms with Crippen molar-refractivity contribution in [1.29, 1.82) is 0 Å². The molecule has 0 saturated heterocycles. The number of carbonyl (C=O) groups is 3. The van der Waals surface area contributed by atoms with Gasteiger partial charge < -0.3 is 31.2 Å². The van der Waals surface area contributed by atoms with Crippen LogP contribution in [0.15, 0.2) is 0 Å². The van der Waals surface area contributed by atoms with Crippen molar-refractivity contribution in [1.82, 2.24) is 4.90 Å². The van der Waals surface area contributed by atoms with Gasteiger partial charge in [-0.15, -0.1) is 0 Å². The van der Waals surface area contributed by atoms with Crippen LogP contribution in [0.1, 0.15) is 60.8 Å². The molecule has 0 radical (unpaired) electrons. The molecule has 170 valence electrons. The molecule has 0 rings (SSSR count). The van der Waals surface area contributed by atoms with Crippen molar-refractivity contribution >= 4 is 18.0 Å². The molecule has 0 aromatic rings. The van der Waals surface area contributed by atoms with Gasteiger partial charge in [0.25, 0.3) is 0 Å². The lowest BCUT2D eigenvalue weighted by Gasteiger charge is -2.34. The molecule has 0 heterocycles. The molecule has 10 heteroatoms. The number of amides is 2. The van der Waals surface area contributed by atoms with Crippen LogP contribution in [-0.4, -0.2) is 75.6 Å². The quantitative estimate of drug-likeness (QED) is 0.397. The highest BCUT2D eigenvalue weighted by Gasteiger charge is 2.42. The lowest BCUT2D eigenvalue weighted by molar-refractivity contribution is -0.138. The molecule has 3 unspecified atom stereocenters. The lowest BCUT2D eigenvalue weighted by Crippen LogP contribution is -2.56. The predicted molar refractivity (Wildman–Crippen MR) is 107 cm³/mol. The third-order valence-corrected chi connectivity index (χ3v) is 3.65. The summed E-state index contributed by atoms with van der Waals surface area (Å²) in [4.78, 5) is 39.0. The highest BCUT2D eigenvalue weighted by molar-refractivity contribution is 5.98. The van der Waals surface area contributed by atoms with Gasteiger partial charge in [-0.1, -0.05) is 0 Å². The monoisotopic (exact) mass is 419 g/mol. The van der Waals surface area contributed by atoms with Gasteiger partial charge in [-0.05, 0) is 67.3 Å². The van der Waals surface area contributed by atoms with Crippen molar-refractivity contribution in [2.24, 2.45) is 11.5 Å². The van der Waals surface area contributed by atoms with E-state index in [1.54, 1.807) is 41.5 Å². The molecule has 3 atom stereocenters. The Morgan fingerprint density at radius 1 is 0.897 bits per heavy atom. The molecular weight excluding hydrogens is 382 g/mol. The number of nitrogens with zero attached hydrogens (tertiary/aromatic N) is 1. The Labute approximate surface area is 172 Å². The van der Waals surface area contributed by atoms with Crippen molar-refractivity contribution < 1.29 is 34.1 Å². The van der Waals surface area contributed by atoms with E-state index in [1.807, 2.05) is 0 Å². The molecular formula is C19H37N3O7. The molecule has 0 bridgehead atoms. The topological polar surface area (TPSA) is 165 Å². The third kappa shape index (κ3) is 10.0. The van der Waals surface area contributed by atoms with E-state index in [4.69, 9.17) is 20.9 Å². The molecule has 0 aliphatic heterocycles. The number of carbonyl (C=O) groups excluding carboxylic acids is 3. The molecule has 0 spiro atoms. The summed E-state index contributed by atoms with van der Waals surface area (Å²) in [5.41, 5.74) is 8.92. The van der Waals surface area contributed by atoms with Crippen LogP contribution in [0.5, 0.6) is 0 Å². The van der Waals surface area contributed by atoms with Gasteiger partial charge in [0.15, 0.2) is 5.78 Å². The summed E-state index contributed by atoms with van der Waals surface area (Å²) in [6.45, 7) is 9.61. The van der Waals surface area contributed by atoms with Crippen LogP contribution in [0.2, 0.25) is 0 Å². The van der Waals surface area contributed by atoms with Crippen LogP contribution in [0, 0.1) is 0 Å². The summed E-state index contributed by atoms with van der Waals surface area (Å²) in [5.74, 6) is -0.934. The minimum absolute atomic E-state index is 0.0167. The normalized spacial score (nSPS) is 15.2. The minimum Gasteiger partial charge on any atom is -0.443 e. The van der Waals surface area contributed by atoms with Gasteiger partial charge in [0, 0.05) is 6.54 Å². The first kappa shape index (κ1) is 27.2. The Bertz CT molecular complexity index is 527. The van der Waals surface area contributed by atoms with Crippen molar-refractivity contribution in [3.63, 3.8) is 0 Å². The zero-order valence-corrected chi connectivity index (χ0v) is 18.3. The van der Waals surface area contributed by atoms with E-state index in [0.29, 0.717) is 24.3 Å². The van der Waals surface area contributed by atoms with Crippen LogP contribution < -0.4 is 11.5 Å². The molecule has 10 nitrogen and oxygen atoms in total. The van der Waals surface area contributed by atoms with Crippen molar-refractivity contribution in [3.05, 3.63) is 0 Å². The number of hydrogen-bond donors (Lipinski definition) is 4. The van der Waals surface area contributed by atoms with E-state index in [-0.39, 0.29) is 13.0 Å². The largest absolute Gasteiger partial charge is 0.443 e. The van der Waals surface area contributed by atoms with Gasteiger partial charge >= 0.3 is 12.2 Å². The van der Waals surface area contributed by atoms with Crippen LogP contribution in [0.3, 0.4) is 0 Å². The molecule has 29 heavy (non-hydrogen) atoms. The highest BCUT2D eigenvalue weighted by atomic mass is 16.6. The van der Waals surface area contributed by atoms with Gasteiger partial charge in [0.05, 0.1) is 6.10 Å². The predicted octanol–water partition coefficient (Wildman–Crippen LogP) is 0.906. The second kappa shape index (κ2) is 11.4. The molecule has 6 N–H and O–H groups in total. The average molecular weight is 420 g/mol. The Kier molecular flexibility index (Phi) is 10.7. The third-order valence-electron chi connectivity index (χ3n) is 3.65. The maximum absolute atomic E-state index is 12.9. The molecule has 0 aromatic carbocycles. The van der Waals surface area contributed by atoms with E-state index < -0.39 is 47.4 Å². The van der Waals surface area contributed by atoms with Crippen molar-refractivity contribution in [2.75, 3.05) is 13.1 Å². The minimum atomic E-state index is -1.88. The fourth-order valence-electron chi connectivity index (χ4n) is 2.35. The van der Waals surface area contributed by atoms with Crippen molar-refractivity contribution in [3.8, 4) is 0 Å². The Balaban J connectivity index is 6.04. The van der Waals surface area contributed by atoms with Crippen LogP contribution in [0.4, 0.5) is 9.59 Å². The summed E-state index contributed by atoms with van der Waals surface area (Å²) >= 11 is 0. The molecule has 2 amide bonds. The summed E-state index contributed by atoms with van der Waals surface area (Å²) < 4.78 is 10.6.